The number of aromatic nitrogens is 2. The van der Waals surface area contributed by atoms with Crippen molar-refractivity contribution in [2.75, 3.05) is 39.8 Å². The lowest BCUT2D eigenvalue weighted by Gasteiger charge is -2.28. The number of nitrogens with one attached hydrogen (secondary N) is 1. The van der Waals surface area contributed by atoms with Gasteiger partial charge in [-0.15, -0.1) is 24.8 Å². The van der Waals surface area contributed by atoms with E-state index >= 15 is 0 Å². The molecule has 0 bridgehead atoms. The Hall–Kier alpha value is -1.03. The summed E-state index contributed by atoms with van der Waals surface area (Å²) >= 11 is 0. The molecule has 1 saturated heterocycles. The first-order valence-electron chi connectivity index (χ1n) is 7.59. The topological polar surface area (TPSA) is 53.4 Å². The summed E-state index contributed by atoms with van der Waals surface area (Å²) in [5.74, 6) is 0.427. The van der Waals surface area contributed by atoms with Crippen molar-refractivity contribution in [3.63, 3.8) is 0 Å². The van der Waals surface area contributed by atoms with E-state index in [0.29, 0.717) is 31.9 Å². The van der Waals surface area contributed by atoms with Crippen LogP contribution in [0.15, 0.2) is 12.4 Å². The van der Waals surface area contributed by atoms with Crippen molar-refractivity contribution < 1.29 is 18.0 Å². The number of halogens is 5. The number of hydrogen-bond donors (Lipinski definition) is 1. The molecule has 11 heteroatoms. The number of nitrogens with zero attached hydrogens (tertiary/aromatic N) is 4. The summed E-state index contributed by atoms with van der Waals surface area (Å²) in [7, 11) is 1.78. The highest BCUT2D eigenvalue weighted by atomic mass is 35.5. The molecule has 6 nitrogen and oxygen atoms in total. The van der Waals surface area contributed by atoms with E-state index in [1.54, 1.807) is 7.05 Å². The summed E-state index contributed by atoms with van der Waals surface area (Å²) in [6.07, 6.45) is -1.23. The molecule has 146 valence electrons. The summed E-state index contributed by atoms with van der Waals surface area (Å²) in [4.78, 5) is 19.7. The molecular formula is C14H24Cl2F3N5O. The number of amides is 1. The van der Waals surface area contributed by atoms with Crippen molar-refractivity contribution in [2.45, 2.75) is 25.7 Å². The lowest BCUT2D eigenvalue weighted by atomic mass is 10.3. The Morgan fingerprint density at radius 3 is 2.56 bits per heavy atom. The van der Waals surface area contributed by atoms with Crippen LogP contribution in [-0.4, -0.2) is 71.2 Å². The molecule has 0 spiro atoms. The first-order chi connectivity index (χ1) is 10.8. The van der Waals surface area contributed by atoms with E-state index in [9.17, 15) is 18.0 Å². The number of carbonyl (C=O) groups is 1. The molecule has 0 radical (unpaired) electrons. The second-order valence-electron chi connectivity index (χ2n) is 5.71. The normalized spacial score (nSPS) is 14.8. The molecule has 0 aromatic carbocycles. The van der Waals surface area contributed by atoms with Crippen LogP contribution in [0.5, 0.6) is 0 Å². The second-order valence-corrected chi connectivity index (χ2v) is 5.71. The van der Waals surface area contributed by atoms with Gasteiger partial charge >= 0.3 is 6.18 Å². The molecule has 1 aromatic heterocycles. The lowest BCUT2D eigenvalue weighted by Crippen LogP contribution is -2.47. The van der Waals surface area contributed by atoms with Gasteiger partial charge in [0.05, 0.1) is 6.54 Å². The number of piperazine rings is 1. The molecule has 1 N–H and O–H groups in total. The van der Waals surface area contributed by atoms with E-state index in [1.165, 1.54) is 12.4 Å². The van der Waals surface area contributed by atoms with Crippen LogP contribution in [0.2, 0.25) is 0 Å². The average Bonchev–Trinajstić information content (AvgIpc) is 2.90. The maximum atomic E-state index is 12.5. The predicted octanol–water partition coefficient (Wildman–Crippen LogP) is 1.54. The molecule has 0 atom stereocenters. The summed E-state index contributed by atoms with van der Waals surface area (Å²) in [6, 6.07) is 0. The van der Waals surface area contributed by atoms with E-state index in [1.807, 2.05) is 9.80 Å². The second kappa shape index (κ2) is 10.8. The Balaban J connectivity index is 0.00000288. The minimum Gasteiger partial charge on any atom is -0.340 e. The van der Waals surface area contributed by atoms with Crippen LogP contribution in [0.4, 0.5) is 13.2 Å². The number of alkyl halides is 3. The Morgan fingerprint density at radius 2 is 1.96 bits per heavy atom. The summed E-state index contributed by atoms with van der Waals surface area (Å²) in [5, 5.41) is 3.18. The van der Waals surface area contributed by atoms with Gasteiger partial charge < -0.3 is 14.8 Å². The fourth-order valence-corrected chi connectivity index (χ4v) is 2.51. The summed E-state index contributed by atoms with van der Waals surface area (Å²) in [5.41, 5.74) is 0. The SMILES string of the molecule is CN(CCC(=O)N1CCNCC1)Cc1nccn1CC(F)(F)F.Cl.Cl. The third-order valence-electron chi connectivity index (χ3n) is 3.74. The van der Waals surface area contributed by atoms with Crippen LogP contribution in [0.1, 0.15) is 12.2 Å². The van der Waals surface area contributed by atoms with Crippen molar-refractivity contribution in [3.8, 4) is 0 Å². The molecule has 0 saturated carbocycles. The van der Waals surface area contributed by atoms with Gasteiger partial charge in [-0.25, -0.2) is 4.98 Å². The van der Waals surface area contributed by atoms with E-state index in [0.717, 1.165) is 17.7 Å². The minimum atomic E-state index is -4.27. The molecule has 25 heavy (non-hydrogen) atoms. The van der Waals surface area contributed by atoms with Gasteiger partial charge in [-0.3, -0.25) is 9.69 Å². The van der Waals surface area contributed by atoms with E-state index in [2.05, 4.69) is 10.3 Å². The Morgan fingerprint density at radius 1 is 1.32 bits per heavy atom. The molecule has 1 fully saturated rings. The summed E-state index contributed by atoms with van der Waals surface area (Å²) in [6.45, 7) is 2.74. The van der Waals surface area contributed by atoms with Crippen LogP contribution in [-0.2, 0) is 17.9 Å². The molecule has 1 aliphatic rings. The van der Waals surface area contributed by atoms with Gasteiger partial charge in [0.2, 0.25) is 5.91 Å². The van der Waals surface area contributed by atoms with Crippen molar-refractivity contribution in [1.82, 2.24) is 24.7 Å². The zero-order valence-corrected chi connectivity index (χ0v) is 15.6. The molecule has 1 aromatic rings. The van der Waals surface area contributed by atoms with Gasteiger partial charge in [0, 0.05) is 51.5 Å². The van der Waals surface area contributed by atoms with Gasteiger partial charge in [0.1, 0.15) is 12.4 Å². The lowest BCUT2D eigenvalue weighted by molar-refractivity contribution is -0.141. The van der Waals surface area contributed by atoms with Gasteiger partial charge in [-0.2, -0.15) is 13.2 Å². The van der Waals surface area contributed by atoms with Crippen LogP contribution in [0, 0.1) is 0 Å². The van der Waals surface area contributed by atoms with Crippen molar-refractivity contribution in [3.05, 3.63) is 18.2 Å². The van der Waals surface area contributed by atoms with E-state index in [4.69, 9.17) is 0 Å². The Kier molecular flexibility index (Phi) is 10.4. The number of rotatable bonds is 6. The third kappa shape index (κ3) is 8.26. The highest BCUT2D eigenvalue weighted by molar-refractivity contribution is 5.85. The van der Waals surface area contributed by atoms with Crippen molar-refractivity contribution in [1.29, 1.82) is 0 Å². The van der Waals surface area contributed by atoms with Gasteiger partial charge in [-0.05, 0) is 7.05 Å². The van der Waals surface area contributed by atoms with Gasteiger partial charge in [0.25, 0.3) is 0 Å². The zero-order valence-electron chi connectivity index (χ0n) is 14.0. The van der Waals surface area contributed by atoms with Gasteiger partial charge in [-0.1, -0.05) is 0 Å². The number of hydrogen-bond acceptors (Lipinski definition) is 4. The minimum absolute atomic E-state index is 0. The molecular weight excluding hydrogens is 382 g/mol. The van der Waals surface area contributed by atoms with Crippen LogP contribution >= 0.6 is 24.8 Å². The molecule has 1 aliphatic heterocycles. The van der Waals surface area contributed by atoms with E-state index in [-0.39, 0.29) is 37.3 Å². The zero-order chi connectivity index (χ0) is 16.9. The smallest absolute Gasteiger partial charge is 0.340 e. The molecule has 2 rings (SSSR count). The molecule has 1 amide bonds. The third-order valence-corrected chi connectivity index (χ3v) is 3.74. The van der Waals surface area contributed by atoms with Crippen LogP contribution < -0.4 is 5.32 Å². The highest BCUT2D eigenvalue weighted by Gasteiger charge is 2.29. The van der Waals surface area contributed by atoms with Crippen molar-refractivity contribution >= 4 is 30.7 Å². The standard InChI is InChI=1S/C14H22F3N5O.2ClH/c1-20(6-2-13(23)21-7-3-18-4-8-21)10-12-19-5-9-22(12)11-14(15,16)17;;/h5,9,18H,2-4,6-8,10-11H2,1H3;2*1H. The fourth-order valence-electron chi connectivity index (χ4n) is 2.51. The largest absolute Gasteiger partial charge is 0.406 e. The first-order valence-corrected chi connectivity index (χ1v) is 7.59. The monoisotopic (exact) mass is 405 g/mol. The predicted molar refractivity (Wildman–Crippen MR) is 93.2 cm³/mol. The van der Waals surface area contributed by atoms with Crippen molar-refractivity contribution in [2.24, 2.45) is 0 Å². The molecule has 2 heterocycles. The summed E-state index contributed by atoms with van der Waals surface area (Å²) < 4.78 is 38.5. The molecule has 0 aliphatic carbocycles. The Labute approximate surface area is 157 Å². The number of imidazole rings is 1. The highest BCUT2D eigenvalue weighted by Crippen LogP contribution is 2.18. The van der Waals surface area contributed by atoms with E-state index < -0.39 is 12.7 Å². The maximum Gasteiger partial charge on any atom is 0.406 e. The maximum absolute atomic E-state index is 12.5. The quantitative estimate of drug-likeness (QED) is 0.779. The van der Waals surface area contributed by atoms with Gasteiger partial charge in [0.15, 0.2) is 0 Å². The first kappa shape index (κ1) is 24.0. The fraction of sp³-hybridized carbons (Fsp3) is 0.714. The van der Waals surface area contributed by atoms with Crippen LogP contribution in [0.3, 0.4) is 0 Å². The number of carbonyl (C=O) groups excluding carboxylic acids is 1. The Bertz CT molecular complexity index is 521. The van der Waals surface area contributed by atoms with Crippen LogP contribution in [0.25, 0.3) is 0 Å². The molecule has 0 unspecified atom stereocenters. The average molecular weight is 406 g/mol.